The fraction of sp³-hybridized carbons (Fsp3) is 0.286. The Morgan fingerprint density at radius 2 is 1.65 bits per heavy atom. The Morgan fingerprint density at radius 3 is 2.35 bits per heavy atom. The Balaban J connectivity index is 1.37. The van der Waals surface area contributed by atoms with Crippen molar-refractivity contribution in [2.75, 3.05) is 31.1 Å². The van der Waals surface area contributed by atoms with Crippen LogP contribution in [0, 0.1) is 6.92 Å². The highest BCUT2D eigenvalue weighted by molar-refractivity contribution is 5.59. The Kier molecular flexibility index (Phi) is 4.88. The van der Waals surface area contributed by atoms with E-state index >= 15 is 0 Å². The fourth-order valence-electron chi connectivity index (χ4n) is 3.29. The van der Waals surface area contributed by atoms with Crippen molar-refractivity contribution in [1.82, 2.24) is 20.1 Å². The van der Waals surface area contributed by atoms with Crippen LogP contribution >= 0.6 is 0 Å². The highest BCUT2D eigenvalue weighted by atomic mass is 15.3. The molecule has 4 rings (SSSR count). The average Bonchev–Trinajstić information content (AvgIpc) is 2.71. The topological polar surface area (TPSA) is 45.2 Å². The lowest BCUT2D eigenvalue weighted by atomic mass is 10.1. The van der Waals surface area contributed by atoms with E-state index in [1.54, 1.807) is 0 Å². The zero-order valence-corrected chi connectivity index (χ0v) is 15.0. The van der Waals surface area contributed by atoms with Gasteiger partial charge >= 0.3 is 0 Å². The van der Waals surface area contributed by atoms with Crippen LogP contribution in [0.3, 0.4) is 0 Å². The lowest BCUT2D eigenvalue weighted by Gasteiger charge is -2.35. The van der Waals surface area contributed by atoms with Crippen molar-refractivity contribution in [2.24, 2.45) is 0 Å². The molecule has 26 heavy (non-hydrogen) atoms. The number of hydrogen-bond acceptors (Lipinski definition) is 5. The number of benzene rings is 1. The minimum atomic E-state index is 0.915. The summed E-state index contributed by atoms with van der Waals surface area (Å²) < 4.78 is 0. The maximum absolute atomic E-state index is 4.51. The molecular weight excluding hydrogens is 322 g/mol. The molecule has 0 aliphatic carbocycles. The van der Waals surface area contributed by atoms with Crippen LogP contribution in [0.15, 0.2) is 60.8 Å². The van der Waals surface area contributed by atoms with E-state index in [9.17, 15) is 0 Å². The summed E-state index contributed by atoms with van der Waals surface area (Å²) >= 11 is 0. The molecule has 5 heteroatoms. The second-order valence-corrected chi connectivity index (χ2v) is 6.67. The van der Waals surface area contributed by atoms with Crippen molar-refractivity contribution in [3.05, 3.63) is 72.1 Å². The summed E-state index contributed by atoms with van der Waals surface area (Å²) in [5, 5.41) is 8.85. The molecule has 3 aromatic rings. The molecule has 1 aromatic carbocycles. The third-order valence-corrected chi connectivity index (χ3v) is 4.91. The van der Waals surface area contributed by atoms with Crippen LogP contribution in [0.1, 0.15) is 11.3 Å². The summed E-state index contributed by atoms with van der Waals surface area (Å²) in [7, 11) is 0. The second-order valence-electron chi connectivity index (χ2n) is 6.67. The van der Waals surface area contributed by atoms with E-state index < -0.39 is 0 Å². The predicted molar refractivity (Wildman–Crippen MR) is 104 cm³/mol. The number of rotatable bonds is 4. The third kappa shape index (κ3) is 3.73. The molecular formula is C21H23N5. The molecule has 0 saturated carbocycles. The maximum Gasteiger partial charge on any atom is 0.151 e. The van der Waals surface area contributed by atoms with Gasteiger partial charge in [0, 0.05) is 44.5 Å². The molecule has 3 heterocycles. The molecule has 0 N–H and O–H groups in total. The molecule has 0 unspecified atom stereocenters. The van der Waals surface area contributed by atoms with E-state index in [1.807, 2.05) is 30.5 Å². The molecule has 5 nitrogen and oxygen atoms in total. The lowest BCUT2D eigenvalue weighted by molar-refractivity contribution is 0.246. The van der Waals surface area contributed by atoms with Gasteiger partial charge in [-0.3, -0.25) is 9.88 Å². The van der Waals surface area contributed by atoms with Crippen molar-refractivity contribution in [1.29, 1.82) is 0 Å². The minimum absolute atomic E-state index is 0.915. The van der Waals surface area contributed by atoms with Gasteiger partial charge in [0.25, 0.3) is 0 Å². The molecule has 0 amide bonds. The zero-order chi connectivity index (χ0) is 17.8. The molecule has 0 spiro atoms. The van der Waals surface area contributed by atoms with Crippen LogP contribution in [0.2, 0.25) is 0 Å². The number of nitrogens with zero attached hydrogens (tertiary/aromatic N) is 5. The van der Waals surface area contributed by atoms with E-state index in [1.165, 1.54) is 11.3 Å². The summed E-state index contributed by atoms with van der Waals surface area (Å²) in [4.78, 5) is 9.28. The lowest BCUT2D eigenvalue weighted by Crippen LogP contribution is -2.46. The van der Waals surface area contributed by atoms with Gasteiger partial charge in [0.15, 0.2) is 5.82 Å². The largest absolute Gasteiger partial charge is 0.353 e. The van der Waals surface area contributed by atoms with Gasteiger partial charge in [-0.05, 0) is 30.7 Å². The van der Waals surface area contributed by atoms with Crippen molar-refractivity contribution in [3.63, 3.8) is 0 Å². The molecule has 2 aromatic heterocycles. The summed E-state index contributed by atoms with van der Waals surface area (Å²) in [6, 6.07) is 18.4. The first-order chi connectivity index (χ1) is 12.8. The highest BCUT2D eigenvalue weighted by Crippen LogP contribution is 2.19. The standard InChI is InChI=1S/C21H23N5/c1-17-6-5-11-22-20(17)16-25-12-14-26(15-13-25)21-10-9-19(23-24-21)18-7-3-2-4-8-18/h2-11H,12-16H2,1H3. The number of aryl methyl sites for hydroxylation is 1. The smallest absolute Gasteiger partial charge is 0.151 e. The van der Waals surface area contributed by atoms with Crippen LogP contribution in [-0.4, -0.2) is 46.3 Å². The van der Waals surface area contributed by atoms with Crippen LogP contribution < -0.4 is 4.90 Å². The molecule has 0 radical (unpaired) electrons. The molecule has 0 bridgehead atoms. The molecule has 1 saturated heterocycles. The monoisotopic (exact) mass is 345 g/mol. The van der Waals surface area contributed by atoms with Gasteiger partial charge in [0.05, 0.1) is 11.4 Å². The summed E-state index contributed by atoms with van der Waals surface area (Å²) in [6.07, 6.45) is 1.88. The van der Waals surface area contributed by atoms with Crippen molar-refractivity contribution >= 4 is 5.82 Å². The molecule has 132 valence electrons. The Labute approximate surface area is 154 Å². The number of anilines is 1. The average molecular weight is 345 g/mol. The van der Waals surface area contributed by atoms with Gasteiger partial charge in [-0.2, -0.15) is 0 Å². The summed E-state index contributed by atoms with van der Waals surface area (Å²) in [6.45, 7) is 6.99. The number of aromatic nitrogens is 3. The van der Waals surface area contributed by atoms with Crippen molar-refractivity contribution in [3.8, 4) is 11.3 Å². The number of piperazine rings is 1. The zero-order valence-electron chi connectivity index (χ0n) is 15.0. The predicted octanol–water partition coefficient (Wildman–Crippen LogP) is 3.17. The highest BCUT2D eigenvalue weighted by Gasteiger charge is 2.19. The van der Waals surface area contributed by atoms with Gasteiger partial charge in [-0.1, -0.05) is 36.4 Å². The Bertz CT molecular complexity index is 840. The van der Waals surface area contributed by atoms with E-state index in [-0.39, 0.29) is 0 Å². The Morgan fingerprint density at radius 1 is 0.846 bits per heavy atom. The van der Waals surface area contributed by atoms with E-state index in [2.05, 4.69) is 62.2 Å². The van der Waals surface area contributed by atoms with Crippen LogP contribution in [-0.2, 0) is 6.54 Å². The van der Waals surface area contributed by atoms with Crippen LogP contribution in [0.4, 0.5) is 5.82 Å². The van der Waals surface area contributed by atoms with Crippen molar-refractivity contribution < 1.29 is 0 Å². The van der Waals surface area contributed by atoms with E-state index in [4.69, 9.17) is 0 Å². The second kappa shape index (κ2) is 7.62. The minimum Gasteiger partial charge on any atom is -0.353 e. The first-order valence-electron chi connectivity index (χ1n) is 9.06. The normalized spacial score (nSPS) is 15.2. The fourth-order valence-corrected chi connectivity index (χ4v) is 3.29. The van der Waals surface area contributed by atoms with Crippen LogP contribution in [0.5, 0.6) is 0 Å². The quantitative estimate of drug-likeness (QED) is 0.727. The molecule has 1 fully saturated rings. The Hall–Kier alpha value is -2.79. The number of pyridine rings is 1. The SMILES string of the molecule is Cc1cccnc1CN1CCN(c2ccc(-c3ccccc3)nn2)CC1. The van der Waals surface area contributed by atoms with Gasteiger partial charge in [0.1, 0.15) is 0 Å². The molecule has 0 atom stereocenters. The van der Waals surface area contributed by atoms with Gasteiger partial charge in [0.2, 0.25) is 0 Å². The molecule has 1 aliphatic rings. The summed E-state index contributed by atoms with van der Waals surface area (Å²) in [5.41, 5.74) is 4.45. The van der Waals surface area contributed by atoms with Crippen LogP contribution in [0.25, 0.3) is 11.3 Å². The first-order valence-corrected chi connectivity index (χ1v) is 9.06. The summed E-state index contributed by atoms with van der Waals surface area (Å²) in [5.74, 6) is 0.957. The first kappa shape index (κ1) is 16.7. The molecule has 1 aliphatic heterocycles. The van der Waals surface area contributed by atoms with Gasteiger partial charge in [-0.15, -0.1) is 10.2 Å². The van der Waals surface area contributed by atoms with Crippen molar-refractivity contribution in [2.45, 2.75) is 13.5 Å². The van der Waals surface area contributed by atoms with E-state index in [0.717, 1.165) is 49.8 Å². The maximum atomic E-state index is 4.51. The number of hydrogen-bond donors (Lipinski definition) is 0. The van der Waals surface area contributed by atoms with E-state index in [0.29, 0.717) is 0 Å². The van der Waals surface area contributed by atoms with Gasteiger partial charge in [-0.25, -0.2) is 0 Å². The third-order valence-electron chi connectivity index (χ3n) is 4.91. The van der Waals surface area contributed by atoms with Gasteiger partial charge < -0.3 is 4.90 Å².